The zero-order valence-electron chi connectivity index (χ0n) is 11.6. The Morgan fingerprint density at radius 2 is 1.95 bits per heavy atom. The third-order valence-electron chi connectivity index (χ3n) is 3.61. The summed E-state index contributed by atoms with van der Waals surface area (Å²) in [6.45, 7) is 6.79. The lowest BCUT2D eigenvalue weighted by atomic mass is 10.2. The monoisotopic (exact) mass is 258 g/mol. The van der Waals surface area contributed by atoms with Crippen molar-refractivity contribution in [2.75, 3.05) is 51.2 Å². The van der Waals surface area contributed by atoms with Crippen molar-refractivity contribution in [1.82, 2.24) is 10.2 Å². The second-order valence-electron chi connectivity index (χ2n) is 5.03. The highest BCUT2D eigenvalue weighted by molar-refractivity contribution is 5.48. The van der Waals surface area contributed by atoms with Gasteiger partial charge in [-0.15, -0.1) is 0 Å². The topological polar surface area (TPSA) is 42.3 Å². The minimum absolute atomic E-state index is 0.720. The molecule has 0 amide bonds. The molecule has 1 heterocycles. The van der Waals surface area contributed by atoms with Gasteiger partial charge < -0.3 is 15.1 Å². The van der Waals surface area contributed by atoms with E-state index in [-0.39, 0.29) is 0 Å². The van der Waals surface area contributed by atoms with Crippen LogP contribution in [0.4, 0.5) is 5.69 Å². The largest absolute Gasteiger partial charge is 0.375 e. The summed E-state index contributed by atoms with van der Waals surface area (Å²) in [4.78, 5) is 4.77. The highest BCUT2D eigenvalue weighted by atomic mass is 15.2. The van der Waals surface area contributed by atoms with Gasteiger partial charge in [0, 0.05) is 45.5 Å². The Balaban J connectivity index is 1.73. The summed E-state index contributed by atoms with van der Waals surface area (Å²) in [6, 6.07) is 9.94. The van der Waals surface area contributed by atoms with E-state index in [0.717, 1.165) is 25.2 Å². The van der Waals surface area contributed by atoms with Crippen LogP contribution >= 0.6 is 0 Å². The molecule has 1 aliphatic heterocycles. The molecule has 0 spiro atoms. The van der Waals surface area contributed by atoms with Crippen LogP contribution in [0.1, 0.15) is 12.0 Å². The Morgan fingerprint density at radius 3 is 2.58 bits per heavy atom. The second-order valence-corrected chi connectivity index (χ2v) is 5.03. The molecule has 1 aliphatic rings. The molecule has 0 radical (unpaired) electrons. The molecule has 0 atom stereocenters. The molecule has 0 aliphatic carbocycles. The number of hydrogen-bond donors (Lipinski definition) is 1. The van der Waals surface area contributed by atoms with Gasteiger partial charge in [0.15, 0.2) is 0 Å². The first-order valence-electron chi connectivity index (χ1n) is 6.94. The van der Waals surface area contributed by atoms with E-state index in [9.17, 15) is 0 Å². The molecule has 4 nitrogen and oxygen atoms in total. The maximum Gasteiger partial charge on any atom is 0.0991 e. The third-order valence-corrected chi connectivity index (χ3v) is 3.61. The maximum atomic E-state index is 8.78. The molecular formula is C15H22N4. The lowest BCUT2D eigenvalue weighted by Crippen LogP contribution is -2.44. The van der Waals surface area contributed by atoms with E-state index in [1.54, 1.807) is 0 Å². The van der Waals surface area contributed by atoms with Crippen LogP contribution in [0.25, 0.3) is 0 Å². The lowest BCUT2D eigenvalue weighted by molar-refractivity contribution is 0.239. The highest BCUT2D eigenvalue weighted by Gasteiger charge is 2.09. The fourth-order valence-electron chi connectivity index (χ4n) is 2.39. The minimum Gasteiger partial charge on any atom is -0.375 e. The molecule has 2 rings (SSSR count). The van der Waals surface area contributed by atoms with Crippen LogP contribution in [0, 0.1) is 11.3 Å². The Hall–Kier alpha value is -1.57. The highest BCUT2D eigenvalue weighted by Crippen LogP contribution is 2.13. The minimum atomic E-state index is 0.720. The molecule has 102 valence electrons. The summed E-state index contributed by atoms with van der Waals surface area (Å²) in [6.07, 6.45) is 1.18. The molecule has 0 saturated carbocycles. The average Bonchev–Trinajstić information content (AvgIpc) is 2.48. The molecule has 1 aromatic rings. The zero-order chi connectivity index (χ0) is 13.5. The second kappa shape index (κ2) is 7.13. The van der Waals surface area contributed by atoms with Crippen LogP contribution in [0.5, 0.6) is 0 Å². The van der Waals surface area contributed by atoms with Gasteiger partial charge in [0.1, 0.15) is 0 Å². The molecule has 1 N–H and O–H groups in total. The molecule has 1 aromatic carbocycles. The maximum absolute atomic E-state index is 8.78. The molecule has 0 unspecified atom stereocenters. The summed E-state index contributed by atoms with van der Waals surface area (Å²) in [7, 11) is 2.11. The predicted octanol–water partition coefficient (Wildman–Crippen LogP) is 1.29. The summed E-state index contributed by atoms with van der Waals surface area (Å²) >= 11 is 0. The first-order valence-corrected chi connectivity index (χ1v) is 6.94. The molecule has 1 saturated heterocycles. The first kappa shape index (κ1) is 13.9. The first-order chi connectivity index (χ1) is 9.29. The average molecular weight is 258 g/mol. The lowest BCUT2D eigenvalue weighted by Gasteiger charge is -2.28. The Bertz CT molecular complexity index is 415. The van der Waals surface area contributed by atoms with Crippen LogP contribution in [-0.2, 0) is 0 Å². The van der Waals surface area contributed by atoms with E-state index in [2.05, 4.69) is 28.2 Å². The Morgan fingerprint density at radius 1 is 1.26 bits per heavy atom. The number of hydrogen-bond acceptors (Lipinski definition) is 4. The standard InChI is InChI=1S/C15H22N4/c1-18(15-5-3-14(13-16)4-6-15)9-2-10-19-11-7-17-8-12-19/h3-6,17H,2,7-12H2,1H3. The fourth-order valence-corrected chi connectivity index (χ4v) is 2.39. The SMILES string of the molecule is CN(CCCN1CCNCC1)c1ccc(C#N)cc1. The van der Waals surface area contributed by atoms with Crippen LogP contribution in [0.3, 0.4) is 0 Å². The number of rotatable bonds is 5. The summed E-state index contributed by atoms with van der Waals surface area (Å²) in [5, 5.41) is 12.2. The van der Waals surface area contributed by atoms with Gasteiger partial charge in [-0.1, -0.05) is 0 Å². The summed E-state index contributed by atoms with van der Waals surface area (Å²) in [5.41, 5.74) is 1.90. The summed E-state index contributed by atoms with van der Waals surface area (Å²) < 4.78 is 0. The van der Waals surface area contributed by atoms with Gasteiger partial charge in [-0.3, -0.25) is 0 Å². The Labute approximate surface area is 115 Å². The zero-order valence-corrected chi connectivity index (χ0v) is 11.6. The fraction of sp³-hybridized carbons (Fsp3) is 0.533. The van der Waals surface area contributed by atoms with Crippen LogP contribution in [0.2, 0.25) is 0 Å². The normalized spacial score (nSPS) is 16.0. The molecule has 0 bridgehead atoms. The number of nitrogens with zero attached hydrogens (tertiary/aromatic N) is 3. The van der Waals surface area contributed by atoms with E-state index in [1.165, 1.54) is 31.7 Å². The van der Waals surface area contributed by atoms with Gasteiger partial charge in [-0.25, -0.2) is 0 Å². The van der Waals surface area contributed by atoms with Crippen molar-refractivity contribution in [2.24, 2.45) is 0 Å². The van der Waals surface area contributed by atoms with Crippen molar-refractivity contribution in [3.05, 3.63) is 29.8 Å². The van der Waals surface area contributed by atoms with Crippen molar-refractivity contribution in [3.8, 4) is 6.07 Å². The van der Waals surface area contributed by atoms with E-state index in [4.69, 9.17) is 5.26 Å². The molecule has 1 fully saturated rings. The van der Waals surface area contributed by atoms with Gasteiger partial charge in [-0.05, 0) is 37.2 Å². The Kier molecular flexibility index (Phi) is 5.20. The van der Waals surface area contributed by atoms with Crippen molar-refractivity contribution in [3.63, 3.8) is 0 Å². The van der Waals surface area contributed by atoms with Crippen molar-refractivity contribution >= 4 is 5.69 Å². The number of benzene rings is 1. The summed E-state index contributed by atoms with van der Waals surface area (Å²) in [5.74, 6) is 0. The van der Waals surface area contributed by atoms with Gasteiger partial charge in [0.05, 0.1) is 11.6 Å². The van der Waals surface area contributed by atoms with Crippen LogP contribution in [0.15, 0.2) is 24.3 Å². The van der Waals surface area contributed by atoms with Gasteiger partial charge in [0.2, 0.25) is 0 Å². The smallest absolute Gasteiger partial charge is 0.0991 e. The number of nitriles is 1. The third kappa shape index (κ3) is 4.23. The number of anilines is 1. The van der Waals surface area contributed by atoms with E-state index in [0.29, 0.717) is 0 Å². The number of piperazine rings is 1. The quantitative estimate of drug-likeness (QED) is 0.864. The molecule has 4 heteroatoms. The van der Waals surface area contributed by atoms with Crippen molar-refractivity contribution in [1.29, 1.82) is 5.26 Å². The van der Waals surface area contributed by atoms with E-state index >= 15 is 0 Å². The van der Waals surface area contributed by atoms with Crippen molar-refractivity contribution in [2.45, 2.75) is 6.42 Å². The van der Waals surface area contributed by atoms with Crippen LogP contribution < -0.4 is 10.2 Å². The van der Waals surface area contributed by atoms with Crippen LogP contribution in [-0.4, -0.2) is 51.2 Å². The molecule has 0 aromatic heterocycles. The van der Waals surface area contributed by atoms with E-state index in [1.807, 2.05) is 24.3 Å². The number of nitrogens with one attached hydrogen (secondary N) is 1. The van der Waals surface area contributed by atoms with Gasteiger partial charge >= 0.3 is 0 Å². The predicted molar refractivity (Wildman–Crippen MR) is 78.4 cm³/mol. The molecule has 19 heavy (non-hydrogen) atoms. The van der Waals surface area contributed by atoms with E-state index < -0.39 is 0 Å². The molecular weight excluding hydrogens is 236 g/mol. The van der Waals surface area contributed by atoms with Gasteiger partial charge in [0.25, 0.3) is 0 Å². The van der Waals surface area contributed by atoms with Gasteiger partial charge in [-0.2, -0.15) is 5.26 Å². The van der Waals surface area contributed by atoms with Crippen molar-refractivity contribution < 1.29 is 0 Å².